The number of benzene rings is 2. The second-order valence-electron chi connectivity index (χ2n) is 5.22. The van der Waals surface area contributed by atoms with Crippen LogP contribution in [0.3, 0.4) is 0 Å². The van der Waals surface area contributed by atoms with Gasteiger partial charge in [-0.1, -0.05) is 50.2 Å². The molecule has 1 heterocycles. The number of fused-ring (bicyclic) bond motifs is 1. The highest BCUT2D eigenvalue weighted by Gasteiger charge is 2.16. The Hall–Kier alpha value is -2.22. The summed E-state index contributed by atoms with van der Waals surface area (Å²) in [5, 5.41) is 11.3. The topological polar surface area (TPSA) is 36.0 Å². The molecule has 1 unspecified atom stereocenters. The number of hydrogen-bond donors (Lipinski definition) is 2. The molecule has 2 aromatic carbocycles. The van der Waals surface area contributed by atoms with Gasteiger partial charge in [-0.05, 0) is 23.6 Å². The van der Waals surface area contributed by atoms with E-state index in [9.17, 15) is 5.11 Å². The Bertz CT molecular complexity index is 742. The molecular weight excluding hydrogens is 246 g/mol. The zero-order chi connectivity index (χ0) is 14.1. The van der Waals surface area contributed by atoms with Crippen molar-refractivity contribution in [3.8, 4) is 5.75 Å². The van der Waals surface area contributed by atoms with Crippen molar-refractivity contribution in [2.75, 3.05) is 0 Å². The summed E-state index contributed by atoms with van der Waals surface area (Å²) in [5.74, 6) is 0.526. The predicted octanol–water partition coefficient (Wildman–Crippen LogP) is 4.59. The average molecular weight is 265 g/mol. The van der Waals surface area contributed by atoms with Gasteiger partial charge in [0.15, 0.2) is 0 Å². The number of rotatable bonds is 3. The van der Waals surface area contributed by atoms with Crippen LogP contribution in [0.2, 0.25) is 0 Å². The zero-order valence-corrected chi connectivity index (χ0v) is 11.9. The van der Waals surface area contributed by atoms with Gasteiger partial charge in [0.05, 0.1) is 0 Å². The summed E-state index contributed by atoms with van der Waals surface area (Å²) < 4.78 is 0. The summed E-state index contributed by atoms with van der Waals surface area (Å²) >= 11 is 0. The van der Waals surface area contributed by atoms with Crippen LogP contribution in [0.5, 0.6) is 5.75 Å². The maximum Gasteiger partial charge on any atom is 0.119 e. The SMILES string of the molecule is CCc1cccc2c(C(C)c3ccccc3O)c[nH]c12. The van der Waals surface area contributed by atoms with E-state index in [1.807, 2.05) is 18.2 Å². The maximum atomic E-state index is 10.0. The lowest BCUT2D eigenvalue weighted by molar-refractivity contribution is 0.466. The highest BCUT2D eigenvalue weighted by molar-refractivity contribution is 5.87. The van der Waals surface area contributed by atoms with E-state index in [-0.39, 0.29) is 5.92 Å². The number of H-pyrrole nitrogens is 1. The van der Waals surface area contributed by atoms with E-state index in [1.54, 1.807) is 6.07 Å². The number of phenols is 1. The molecule has 20 heavy (non-hydrogen) atoms. The Morgan fingerprint density at radius 3 is 2.60 bits per heavy atom. The van der Waals surface area contributed by atoms with Crippen molar-refractivity contribution < 1.29 is 5.11 Å². The van der Waals surface area contributed by atoms with E-state index in [1.165, 1.54) is 22.0 Å². The summed E-state index contributed by atoms with van der Waals surface area (Å²) in [6, 6.07) is 14.0. The molecular formula is C18H19NO. The Morgan fingerprint density at radius 1 is 1.05 bits per heavy atom. The van der Waals surface area contributed by atoms with E-state index >= 15 is 0 Å². The molecule has 0 aliphatic carbocycles. The van der Waals surface area contributed by atoms with Crippen molar-refractivity contribution in [3.63, 3.8) is 0 Å². The van der Waals surface area contributed by atoms with Crippen molar-refractivity contribution in [1.82, 2.24) is 4.98 Å². The molecule has 102 valence electrons. The van der Waals surface area contributed by atoms with Gasteiger partial charge >= 0.3 is 0 Å². The Kier molecular flexibility index (Phi) is 3.23. The normalized spacial score (nSPS) is 12.7. The summed E-state index contributed by atoms with van der Waals surface area (Å²) in [4.78, 5) is 3.40. The first-order chi connectivity index (χ1) is 9.72. The molecule has 0 fully saturated rings. The first-order valence-electron chi connectivity index (χ1n) is 7.09. The van der Waals surface area contributed by atoms with Crippen molar-refractivity contribution in [2.24, 2.45) is 0 Å². The average Bonchev–Trinajstić information content (AvgIpc) is 2.91. The lowest BCUT2D eigenvalue weighted by Gasteiger charge is -2.13. The predicted molar refractivity (Wildman–Crippen MR) is 83.3 cm³/mol. The minimum Gasteiger partial charge on any atom is -0.508 e. The quantitative estimate of drug-likeness (QED) is 0.714. The zero-order valence-electron chi connectivity index (χ0n) is 11.9. The molecule has 3 aromatic rings. The number of aryl methyl sites for hydroxylation is 1. The number of para-hydroxylation sites is 2. The van der Waals surface area contributed by atoms with Crippen LogP contribution in [-0.4, -0.2) is 10.1 Å². The number of hydrogen-bond acceptors (Lipinski definition) is 1. The first-order valence-corrected chi connectivity index (χ1v) is 7.09. The molecule has 0 amide bonds. The van der Waals surface area contributed by atoms with Gasteiger partial charge in [-0.2, -0.15) is 0 Å². The van der Waals surface area contributed by atoms with E-state index in [4.69, 9.17) is 0 Å². The van der Waals surface area contributed by atoms with Crippen LogP contribution >= 0.6 is 0 Å². The van der Waals surface area contributed by atoms with Gasteiger partial charge in [0.1, 0.15) is 5.75 Å². The molecule has 0 aliphatic rings. The number of aromatic hydroxyl groups is 1. The third kappa shape index (κ3) is 1.97. The molecule has 0 aliphatic heterocycles. The van der Waals surface area contributed by atoms with Gasteiger partial charge < -0.3 is 10.1 Å². The Balaban J connectivity index is 2.13. The van der Waals surface area contributed by atoms with E-state index < -0.39 is 0 Å². The molecule has 0 saturated heterocycles. The lowest BCUT2D eigenvalue weighted by Crippen LogP contribution is -1.95. The second kappa shape index (κ2) is 5.04. The highest BCUT2D eigenvalue weighted by Crippen LogP contribution is 2.35. The molecule has 0 spiro atoms. The highest BCUT2D eigenvalue weighted by atomic mass is 16.3. The number of aromatic nitrogens is 1. The molecule has 0 radical (unpaired) electrons. The van der Waals surface area contributed by atoms with Crippen LogP contribution in [0.25, 0.3) is 10.9 Å². The largest absolute Gasteiger partial charge is 0.508 e. The lowest BCUT2D eigenvalue weighted by atomic mass is 9.91. The van der Waals surface area contributed by atoms with Crippen LogP contribution in [0.1, 0.15) is 36.5 Å². The van der Waals surface area contributed by atoms with Crippen LogP contribution in [0.15, 0.2) is 48.7 Å². The third-order valence-corrected chi connectivity index (χ3v) is 4.08. The van der Waals surface area contributed by atoms with Gasteiger partial charge in [-0.3, -0.25) is 0 Å². The van der Waals surface area contributed by atoms with Crippen LogP contribution in [0, 0.1) is 0 Å². The van der Waals surface area contributed by atoms with E-state index in [0.29, 0.717) is 5.75 Å². The van der Waals surface area contributed by atoms with Gasteiger partial charge in [-0.25, -0.2) is 0 Å². The minimum absolute atomic E-state index is 0.164. The standard InChI is InChI=1S/C18H19NO/c1-3-13-7-6-9-15-16(11-19-18(13)15)12(2)14-8-4-5-10-17(14)20/h4-12,19-20H,3H2,1-2H3. The molecule has 1 aromatic heterocycles. The summed E-state index contributed by atoms with van der Waals surface area (Å²) in [5.41, 5.74) is 4.75. The maximum absolute atomic E-state index is 10.0. The number of aromatic amines is 1. The van der Waals surface area contributed by atoms with Gasteiger partial charge in [0, 0.05) is 28.6 Å². The van der Waals surface area contributed by atoms with E-state index in [2.05, 4.69) is 43.2 Å². The second-order valence-corrected chi connectivity index (χ2v) is 5.22. The molecule has 1 atom stereocenters. The van der Waals surface area contributed by atoms with Gasteiger partial charge in [0.2, 0.25) is 0 Å². The van der Waals surface area contributed by atoms with Gasteiger partial charge in [-0.15, -0.1) is 0 Å². The summed E-state index contributed by atoms with van der Waals surface area (Å²) in [7, 11) is 0. The van der Waals surface area contributed by atoms with Crippen molar-refractivity contribution in [2.45, 2.75) is 26.2 Å². The minimum atomic E-state index is 0.164. The van der Waals surface area contributed by atoms with Crippen LogP contribution in [0.4, 0.5) is 0 Å². The monoisotopic (exact) mass is 265 g/mol. The third-order valence-electron chi connectivity index (χ3n) is 4.08. The number of nitrogens with one attached hydrogen (secondary N) is 1. The van der Waals surface area contributed by atoms with Gasteiger partial charge in [0.25, 0.3) is 0 Å². The molecule has 3 rings (SSSR count). The Labute approximate surface area is 119 Å². The molecule has 0 bridgehead atoms. The first kappa shape index (κ1) is 12.8. The van der Waals surface area contributed by atoms with E-state index in [0.717, 1.165) is 12.0 Å². The molecule has 2 N–H and O–H groups in total. The number of phenolic OH excluding ortho intramolecular Hbond substituents is 1. The summed E-state index contributed by atoms with van der Waals surface area (Å²) in [6.07, 6.45) is 3.09. The van der Waals surface area contributed by atoms with Crippen LogP contribution in [-0.2, 0) is 6.42 Å². The molecule has 2 heteroatoms. The van der Waals surface area contributed by atoms with Crippen LogP contribution < -0.4 is 0 Å². The molecule has 0 saturated carbocycles. The van der Waals surface area contributed by atoms with Crippen molar-refractivity contribution in [1.29, 1.82) is 0 Å². The fourth-order valence-electron chi connectivity index (χ4n) is 2.91. The molecule has 2 nitrogen and oxygen atoms in total. The van der Waals surface area contributed by atoms with Crippen molar-refractivity contribution >= 4 is 10.9 Å². The summed E-state index contributed by atoms with van der Waals surface area (Å²) in [6.45, 7) is 4.30. The smallest absolute Gasteiger partial charge is 0.119 e. The van der Waals surface area contributed by atoms with Crippen molar-refractivity contribution in [3.05, 3.63) is 65.4 Å². The fourth-order valence-corrected chi connectivity index (χ4v) is 2.91. The Morgan fingerprint density at radius 2 is 1.85 bits per heavy atom. The fraction of sp³-hybridized carbons (Fsp3) is 0.222.